The van der Waals surface area contributed by atoms with Gasteiger partial charge >= 0.3 is 0 Å². The van der Waals surface area contributed by atoms with Gasteiger partial charge < -0.3 is 15.6 Å². The second-order valence-electron chi connectivity index (χ2n) is 3.61. The lowest BCUT2D eigenvalue weighted by Gasteiger charge is -2.32. The second kappa shape index (κ2) is 2.19. The zero-order valence-electron chi connectivity index (χ0n) is 6.55. The maximum absolute atomic E-state index is 9.78. The van der Waals surface area contributed by atoms with Crippen LogP contribution in [0.3, 0.4) is 0 Å². The molecule has 0 saturated carbocycles. The Bertz CT molecular complexity index is 136. The van der Waals surface area contributed by atoms with Crippen LogP contribution in [-0.2, 0) is 4.74 Å². The van der Waals surface area contributed by atoms with E-state index in [-0.39, 0.29) is 12.0 Å². The topological polar surface area (TPSA) is 55.5 Å². The van der Waals surface area contributed by atoms with E-state index in [1.165, 1.54) is 0 Å². The highest BCUT2D eigenvalue weighted by molar-refractivity contribution is 4.98. The molecule has 1 heterocycles. The van der Waals surface area contributed by atoms with Crippen LogP contribution in [0.5, 0.6) is 0 Å². The predicted molar refractivity (Wildman–Crippen MR) is 38.6 cm³/mol. The first kappa shape index (κ1) is 7.98. The van der Waals surface area contributed by atoms with Gasteiger partial charge in [-0.15, -0.1) is 0 Å². The zero-order valence-corrected chi connectivity index (χ0v) is 6.55. The molecule has 0 bridgehead atoms. The summed E-state index contributed by atoms with van der Waals surface area (Å²) in [5.41, 5.74) is 4.41. The highest BCUT2D eigenvalue weighted by Gasteiger charge is 2.47. The lowest BCUT2D eigenvalue weighted by molar-refractivity contribution is -0.0237. The largest absolute Gasteiger partial charge is 0.385 e. The summed E-state index contributed by atoms with van der Waals surface area (Å²) in [5, 5.41) is 9.78. The summed E-state index contributed by atoms with van der Waals surface area (Å²) in [4.78, 5) is 0. The molecule has 1 rings (SSSR count). The lowest BCUT2D eigenvalue weighted by atomic mass is 9.78. The summed E-state index contributed by atoms with van der Waals surface area (Å²) in [6.07, 6.45) is 0. The molecule has 0 aromatic heterocycles. The average Bonchev–Trinajstić information content (AvgIpc) is 2.10. The van der Waals surface area contributed by atoms with E-state index in [1.54, 1.807) is 0 Å². The number of aliphatic hydroxyl groups is 1. The summed E-state index contributed by atoms with van der Waals surface area (Å²) in [7, 11) is 0. The minimum absolute atomic E-state index is 0.193. The molecular formula is C7H15NO2. The average molecular weight is 145 g/mol. The first-order valence-electron chi connectivity index (χ1n) is 3.52. The van der Waals surface area contributed by atoms with Crippen LogP contribution in [0.1, 0.15) is 13.8 Å². The lowest BCUT2D eigenvalue weighted by Crippen LogP contribution is -2.49. The van der Waals surface area contributed by atoms with E-state index in [0.29, 0.717) is 13.2 Å². The van der Waals surface area contributed by atoms with Crippen LogP contribution in [0, 0.1) is 5.41 Å². The zero-order chi connectivity index (χ0) is 7.83. The van der Waals surface area contributed by atoms with Crippen molar-refractivity contribution in [2.24, 2.45) is 11.1 Å². The Labute approximate surface area is 61.2 Å². The SMILES string of the molecule is CC1(C)COCC1(O)CN. The smallest absolute Gasteiger partial charge is 0.107 e. The minimum Gasteiger partial charge on any atom is -0.385 e. The van der Waals surface area contributed by atoms with E-state index < -0.39 is 5.60 Å². The maximum atomic E-state index is 9.78. The van der Waals surface area contributed by atoms with E-state index in [9.17, 15) is 5.11 Å². The van der Waals surface area contributed by atoms with Gasteiger partial charge in [0.25, 0.3) is 0 Å². The Balaban J connectivity index is 2.76. The van der Waals surface area contributed by atoms with Gasteiger partial charge in [-0.2, -0.15) is 0 Å². The standard InChI is InChI=1S/C7H15NO2/c1-6(2)4-10-5-7(6,9)3-8/h9H,3-5,8H2,1-2H3. The van der Waals surface area contributed by atoms with Crippen LogP contribution in [0.2, 0.25) is 0 Å². The molecule has 1 saturated heterocycles. The highest BCUT2D eigenvalue weighted by Crippen LogP contribution is 2.36. The van der Waals surface area contributed by atoms with Gasteiger partial charge in [0.05, 0.1) is 13.2 Å². The quantitative estimate of drug-likeness (QED) is 0.534. The van der Waals surface area contributed by atoms with Gasteiger partial charge in [0.15, 0.2) is 0 Å². The molecular weight excluding hydrogens is 130 g/mol. The number of ether oxygens (including phenoxy) is 1. The van der Waals surface area contributed by atoms with Crippen LogP contribution in [0.4, 0.5) is 0 Å². The Morgan fingerprint density at radius 2 is 2.10 bits per heavy atom. The van der Waals surface area contributed by atoms with Crippen LogP contribution >= 0.6 is 0 Å². The van der Waals surface area contributed by atoms with Crippen LogP contribution in [-0.4, -0.2) is 30.5 Å². The normalized spacial score (nSPS) is 38.4. The number of nitrogens with two attached hydrogens (primary N) is 1. The molecule has 3 nitrogen and oxygen atoms in total. The van der Waals surface area contributed by atoms with Crippen LogP contribution < -0.4 is 5.73 Å². The highest BCUT2D eigenvalue weighted by atomic mass is 16.5. The van der Waals surface area contributed by atoms with E-state index >= 15 is 0 Å². The molecule has 1 aliphatic rings. The van der Waals surface area contributed by atoms with E-state index in [2.05, 4.69) is 0 Å². The van der Waals surface area contributed by atoms with Gasteiger partial charge in [0.1, 0.15) is 5.60 Å². The maximum Gasteiger partial charge on any atom is 0.107 e. The third-order valence-electron chi connectivity index (χ3n) is 2.40. The molecule has 0 aromatic rings. The van der Waals surface area contributed by atoms with Gasteiger partial charge in [-0.05, 0) is 0 Å². The van der Waals surface area contributed by atoms with Crippen molar-refractivity contribution in [2.45, 2.75) is 19.4 Å². The van der Waals surface area contributed by atoms with Crippen molar-refractivity contribution in [1.29, 1.82) is 0 Å². The van der Waals surface area contributed by atoms with Crippen LogP contribution in [0.15, 0.2) is 0 Å². The van der Waals surface area contributed by atoms with Gasteiger partial charge in [-0.3, -0.25) is 0 Å². The van der Waals surface area contributed by atoms with Gasteiger partial charge in [0.2, 0.25) is 0 Å². The molecule has 0 amide bonds. The summed E-state index contributed by atoms with van der Waals surface area (Å²) in [5.74, 6) is 0. The van der Waals surface area contributed by atoms with Crippen molar-refractivity contribution < 1.29 is 9.84 Å². The van der Waals surface area contributed by atoms with E-state index in [1.807, 2.05) is 13.8 Å². The Kier molecular flexibility index (Phi) is 1.75. The summed E-state index contributed by atoms with van der Waals surface area (Å²) < 4.78 is 5.14. The Morgan fingerprint density at radius 3 is 2.30 bits per heavy atom. The van der Waals surface area contributed by atoms with Gasteiger partial charge in [-0.25, -0.2) is 0 Å². The molecule has 1 atom stereocenters. The number of hydrogen-bond acceptors (Lipinski definition) is 3. The molecule has 10 heavy (non-hydrogen) atoms. The molecule has 0 radical (unpaired) electrons. The van der Waals surface area contributed by atoms with Crippen molar-refractivity contribution in [3.63, 3.8) is 0 Å². The van der Waals surface area contributed by atoms with Crippen molar-refractivity contribution in [2.75, 3.05) is 19.8 Å². The minimum atomic E-state index is -0.812. The molecule has 1 fully saturated rings. The molecule has 1 unspecified atom stereocenters. The summed E-state index contributed by atoms with van der Waals surface area (Å²) >= 11 is 0. The van der Waals surface area contributed by atoms with Gasteiger partial charge in [0, 0.05) is 12.0 Å². The third-order valence-corrected chi connectivity index (χ3v) is 2.40. The van der Waals surface area contributed by atoms with Crippen molar-refractivity contribution in [1.82, 2.24) is 0 Å². The number of hydrogen-bond donors (Lipinski definition) is 2. The number of rotatable bonds is 1. The molecule has 3 N–H and O–H groups in total. The van der Waals surface area contributed by atoms with Crippen molar-refractivity contribution in [3.8, 4) is 0 Å². The fraction of sp³-hybridized carbons (Fsp3) is 1.00. The van der Waals surface area contributed by atoms with E-state index in [0.717, 1.165) is 0 Å². The molecule has 0 aromatic carbocycles. The van der Waals surface area contributed by atoms with Crippen molar-refractivity contribution in [3.05, 3.63) is 0 Å². The molecule has 1 aliphatic heterocycles. The molecule has 60 valence electrons. The predicted octanol–water partition coefficient (Wildman–Crippen LogP) is -0.267. The monoisotopic (exact) mass is 145 g/mol. The molecule has 0 aliphatic carbocycles. The summed E-state index contributed by atoms with van der Waals surface area (Å²) in [6.45, 7) is 5.18. The van der Waals surface area contributed by atoms with Crippen LogP contribution in [0.25, 0.3) is 0 Å². The molecule has 0 spiro atoms. The first-order chi connectivity index (χ1) is 4.52. The second-order valence-corrected chi connectivity index (χ2v) is 3.61. The Hall–Kier alpha value is -0.120. The Morgan fingerprint density at radius 1 is 1.50 bits per heavy atom. The fourth-order valence-corrected chi connectivity index (χ4v) is 1.14. The first-order valence-corrected chi connectivity index (χ1v) is 3.52. The third kappa shape index (κ3) is 0.944. The molecule has 3 heteroatoms. The van der Waals surface area contributed by atoms with E-state index in [4.69, 9.17) is 10.5 Å². The van der Waals surface area contributed by atoms with Crippen molar-refractivity contribution >= 4 is 0 Å². The fourth-order valence-electron chi connectivity index (χ4n) is 1.14. The summed E-state index contributed by atoms with van der Waals surface area (Å²) in [6, 6.07) is 0. The van der Waals surface area contributed by atoms with Gasteiger partial charge in [-0.1, -0.05) is 13.8 Å².